The highest BCUT2D eigenvalue weighted by Crippen LogP contribution is 2.39. The van der Waals surface area contributed by atoms with Crippen molar-refractivity contribution in [3.63, 3.8) is 0 Å². The molecule has 0 fully saturated rings. The first kappa shape index (κ1) is 25.2. The van der Waals surface area contributed by atoms with E-state index >= 15 is 0 Å². The van der Waals surface area contributed by atoms with Crippen LogP contribution in [-0.4, -0.2) is 10.7 Å². The number of hydrogen-bond acceptors (Lipinski definition) is 3. The van der Waals surface area contributed by atoms with E-state index in [9.17, 15) is 0 Å². The van der Waals surface area contributed by atoms with Crippen molar-refractivity contribution in [2.75, 3.05) is 0 Å². The molecular formula is C48H34N2O. The molecule has 2 aromatic heterocycles. The van der Waals surface area contributed by atoms with Crippen LogP contribution in [0.15, 0.2) is 187 Å². The Kier molecular flexibility index (Phi) is 6.89. The number of pyridine rings is 1. The lowest BCUT2D eigenvalue weighted by molar-refractivity contribution is 0.572. The van der Waals surface area contributed by atoms with Crippen LogP contribution in [0.5, 0.6) is 0 Å². The third kappa shape index (κ3) is 6.61. The van der Waals surface area contributed by atoms with Crippen LogP contribution in [-0.2, 0) is 0 Å². The van der Waals surface area contributed by atoms with Gasteiger partial charge in [0.2, 0.25) is 0 Å². The lowest BCUT2D eigenvalue weighted by Gasteiger charge is -2.12. The fraction of sp³-hybridized carbons (Fsp3) is 0. The average Bonchev–Trinajstić information content (AvgIpc) is 3.70. The SMILES string of the molecule is [2H]/C(C(=N)c1ccccccc(C(=C)/C=C\C=C\c2ccc(-c3ccc4ccc5cccc6ccc3c4c56)o2)cc1)=C(\[2H])c1cc2nc([2H])c([2H])c([2H])c2cc1[2H]. The highest BCUT2D eigenvalue weighted by atomic mass is 16.3. The normalized spacial score (nSPS) is 13.9. The molecule has 6 aromatic carbocycles. The Bertz CT molecular complexity index is 3070. The third-order valence-electron chi connectivity index (χ3n) is 8.76. The number of nitrogens with one attached hydrogen (secondary N) is 1. The van der Waals surface area contributed by atoms with Gasteiger partial charge in [0.15, 0.2) is 0 Å². The molecule has 3 nitrogen and oxygen atoms in total. The van der Waals surface area contributed by atoms with E-state index in [1.54, 1.807) is 30.3 Å². The predicted molar refractivity (Wildman–Crippen MR) is 217 cm³/mol. The second-order valence-corrected chi connectivity index (χ2v) is 12.0. The number of rotatable bonds is 8. The molecule has 2 heterocycles. The fourth-order valence-electron chi connectivity index (χ4n) is 6.20. The summed E-state index contributed by atoms with van der Waals surface area (Å²) in [6, 6.07) is 38.8. The zero-order chi connectivity index (χ0) is 39.8. The predicted octanol–water partition coefficient (Wildman–Crippen LogP) is 12.9. The van der Waals surface area contributed by atoms with E-state index in [1.165, 1.54) is 39.1 Å². The Morgan fingerprint density at radius 1 is 0.725 bits per heavy atom. The summed E-state index contributed by atoms with van der Waals surface area (Å²) in [4.78, 5) is 4.04. The number of allylic oxidation sites excluding steroid dienone is 5. The van der Waals surface area contributed by atoms with Crippen molar-refractivity contribution < 1.29 is 12.6 Å². The summed E-state index contributed by atoms with van der Waals surface area (Å²) in [5.41, 5.74) is 2.85. The van der Waals surface area contributed by atoms with Gasteiger partial charge in [0.25, 0.3) is 0 Å². The van der Waals surface area contributed by atoms with Gasteiger partial charge in [-0.2, -0.15) is 0 Å². The summed E-state index contributed by atoms with van der Waals surface area (Å²) in [6.45, 7) is 4.25. The molecule has 51 heavy (non-hydrogen) atoms. The van der Waals surface area contributed by atoms with Gasteiger partial charge in [0, 0.05) is 17.1 Å². The van der Waals surface area contributed by atoms with Gasteiger partial charge in [-0.15, -0.1) is 0 Å². The van der Waals surface area contributed by atoms with E-state index in [0.29, 0.717) is 16.9 Å². The maximum absolute atomic E-state index is 8.86. The van der Waals surface area contributed by atoms with Crippen LogP contribution in [0, 0.1) is 5.41 Å². The topological polar surface area (TPSA) is 49.9 Å². The van der Waals surface area contributed by atoms with Gasteiger partial charge in [-0.1, -0.05) is 146 Å². The molecule has 0 saturated carbocycles. The number of furan rings is 1. The molecule has 0 saturated heterocycles. The Balaban J connectivity index is 1.02. The number of hydrogen-bond donors (Lipinski definition) is 1. The largest absolute Gasteiger partial charge is 0.457 e. The average molecular weight is 661 g/mol. The van der Waals surface area contributed by atoms with E-state index in [4.69, 9.17) is 18.1 Å². The van der Waals surface area contributed by atoms with Gasteiger partial charge in [-0.05, 0) is 97.0 Å². The summed E-state index contributed by atoms with van der Waals surface area (Å²) >= 11 is 0. The van der Waals surface area contributed by atoms with Crippen LogP contribution >= 0.6 is 0 Å². The minimum Gasteiger partial charge on any atom is -0.457 e. The fourth-order valence-corrected chi connectivity index (χ4v) is 6.20. The van der Waals surface area contributed by atoms with E-state index in [-0.39, 0.29) is 52.5 Å². The Labute approximate surface area is 305 Å². The van der Waals surface area contributed by atoms with Crippen LogP contribution in [0.25, 0.3) is 72.2 Å². The van der Waals surface area contributed by atoms with Gasteiger partial charge < -0.3 is 9.83 Å². The summed E-state index contributed by atoms with van der Waals surface area (Å²) < 4.78 is 56.2. The second kappa shape index (κ2) is 13.9. The molecule has 0 bridgehead atoms. The molecule has 8 rings (SSSR count). The van der Waals surface area contributed by atoms with Crippen molar-refractivity contribution >= 4 is 66.6 Å². The van der Waals surface area contributed by atoms with Crippen molar-refractivity contribution in [2.45, 2.75) is 0 Å². The van der Waals surface area contributed by atoms with E-state index in [2.05, 4.69) is 66.2 Å². The zero-order valence-electron chi connectivity index (χ0n) is 33.5. The first-order valence-electron chi connectivity index (χ1n) is 19.5. The molecule has 242 valence electrons. The quantitative estimate of drug-likeness (QED) is 0.100. The smallest absolute Gasteiger partial charge is 0.135 e. The van der Waals surface area contributed by atoms with Gasteiger partial charge >= 0.3 is 0 Å². The molecule has 0 unspecified atom stereocenters. The van der Waals surface area contributed by atoms with Gasteiger partial charge in [0.1, 0.15) is 11.5 Å². The van der Waals surface area contributed by atoms with E-state index < -0.39 is 6.05 Å². The third-order valence-corrected chi connectivity index (χ3v) is 8.76. The molecule has 3 heteroatoms. The lowest BCUT2D eigenvalue weighted by Crippen LogP contribution is -1.92. The van der Waals surface area contributed by atoms with Crippen LogP contribution in [0.3, 0.4) is 0 Å². The Morgan fingerprint density at radius 2 is 1.49 bits per heavy atom. The molecular weight excluding hydrogens is 621 g/mol. The maximum atomic E-state index is 8.86. The maximum Gasteiger partial charge on any atom is 0.135 e. The van der Waals surface area contributed by atoms with Crippen LogP contribution in [0.2, 0.25) is 0 Å². The molecule has 0 spiro atoms. The van der Waals surface area contributed by atoms with Crippen LogP contribution in [0.1, 0.15) is 30.7 Å². The van der Waals surface area contributed by atoms with Crippen molar-refractivity contribution in [3.05, 3.63) is 205 Å². The lowest BCUT2D eigenvalue weighted by atomic mass is 9.91. The Morgan fingerprint density at radius 3 is 2.35 bits per heavy atom. The first-order chi connectivity index (χ1) is 27.6. The van der Waals surface area contributed by atoms with E-state index in [1.807, 2.05) is 54.6 Å². The van der Waals surface area contributed by atoms with Crippen LogP contribution < -0.4 is 0 Å². The molecule has 0 amide bonds. The van der Waals surface area contributed by atoms with E-state index in [0.717, 1.165) is 22.3 Å². The van der Waals surface area contributed by atoms with Crippen molar-refractivity contribution in [2.24, 2.45) is 0 Å². The van der Waals surface area contributed by atoms with Crippen molar-refractivity contribution in [1.29, 1.82) is 5.41 Å². The van der Waals surface area contributed by atoms with Crippen molar-refractivity contribution in [1.82, 2.24) is 4.98 Å². The van der Waals surface area contributed by atoms with Gasteiger partial charge in [-0.25, -0.2) is 0 Å². The van der Waals surface area contributed by atoms with Gasteiger partial charge in [0.05, 0.1) is 19.5 Å². The number of benzene rings is 5. The molecule has 0 atom stereocenters. The monoisotopic (exact) mass is 660 g/mol. The molecule has 8 aromatic rings. The molecule has 0 aliphatic heterocycles. The Hall–Kier alpha value is -6.84. The molecule has 0 aliphatic carbocycles. The summed E-state index contributed by atoms with van der Waals surface area (Å²) in [5.74, 6) is 1.50. The molecule has 1 N–H and O–H groups in total. The minimum atomic E-state index is -0.413. The zero-order valence-corrected chi connectivity index (χ0v) is 27.5. The first-order valence-corrected chi connectivity index (χ1v) is 16.5. The van der Waals surface area contributed by atoms with Crippen molar-refractivity contribution in [3.8, 4) is 11.3 Å². The number of aromatic nitrogens is 1. The minimum absolute atomic E-state index is 0.0366. The molecule has 0 radical (unpaired) electrons. The standard InChI is InChI=1S/C48H34N2O/c1-33(35-11-4-2-3-5-12-36(21-20-35)44(49)29-18-34-17-19-37-15-9-31-50-45(37)32-34)10-6-7-16-41-26-30-46(51-41)42-27-24-40-23-22-38-13-8-14-39-25-28-43(42)48(40)47(38)39/h2-32,49H,1H2/b3-2?,4-2?,5-3?,10-6-,11-4?,12-5?,16-7+,21-20?,29-18-,35-11?,35-20?,36-12?,36-21?,49-44?/i9D,15D,17D,18D,29D,31D. The van der Waals surface area contributed by atoms with Gasteiger partial charge in [-0.3, -0.25) is 4.98 Å². The summed E-state index contributed by atoms with van der Waals surface area (Å²) in [6.07, 6.45) is 7.15. The highest BCUT2D eigenvalue weighted by Gasteiger charge is 2.13. The number of nitrogens with zero attached hydrogens (tertiary/aromatic N) is 1. The summed E-state index contributed by atoms with van der Waals surface area (Å²) in [7, 11) is 0. The molecule has 0 aliphatic rings. The second-order valence-electron chi connectivity index (χ2n) is 12.0. The van der Waals surface area contributed by atoms with Crippen LogP contribution in [0.4, 0.5) is 0 Å². The summed E-state index contributed by atoms with van der Waals surface area (Å²) in [5, 5.41) is 16.4. The number of fused-ring (bicyclic) bond motifs is 1. The highest BCUT2D eigenvalue weighted by molar-refractivity contribution is 6.25.